The minimum absolute atomic E-state index is 0.0430. The molecule has 4 rings (SSSR count). The SMILES string of the molecule is NCC1(c2nc(C3COc4ccccc4C3)no2)CC1. The van der Waals surface area contributed by atoms with Gasteiger partial charge in [-0.05, 0) is 30.9 Å². The van der Waals surface area contributed by atoms with Crippen molar-refractivity contribution in [3.63, 3.8) is 0 Å². The molecule has 104 valence electrons. The maximum absolute atomic E-state index is 5.80. The van der Waals surface area contributed by atoms with Crippen LogP contribution >= 0.6 is 0 Å². The van der Waals surface area contributed by atoms with Crippen molar-refractivity contribution in [2.45, 2.75) is 30.6 Å². The van der Waals surface area contributed by atoms with Crippen molar-refractivity contribution in [3.8, 4) is 5.75 Å². The zero-order valence-corrected chi connectivity index (χ0v) is 11.2. The number of aromatic nitrogens is 2. The van der Waals surface area contributed by atoms with Crippen LogP contribution in [-0.2, 0) is 11.8 Å². The number of nitrogens with zero attached hydrogens (tertiary/aromatic N) is 2. The van der Waals surface area contributed by atoms with Gasteiger partial charge in [0.05, 0.1) is 17.9 Å². The molecule has 5 nitrogen and oxygen atoms in total. The van der Waals surface area contributed by atoms with E-state index in [-0.39, 0.29) is 11.3 Å². The lowest BCUT2D eigenvalue weighted by Crippen LogP contribution is -2.22. The third kappa shape index (κ3) is 1.81. The zero-order valence-electron chi connectivity index (χ0n) is 11.2. The zero-order chi connectivity index (χ0) is 13.6. The minimum Gasteiger partial charge on any atom is -0.493 e. The van der Waals surface area contributed by atoms with Crippen LogP contribution in [0.5, 0.6) is 5.75 Å². The van der Waals surface area contributed by atoms with Gasteiger partial charge in [0, 0.05) is 6.54 Å². The second kappa shape index (κ2) is 4.31. The Balaban J connectivity index is 1.58. The topological polar surface area (TPSA) is 74.2 Å². The molecule has 2 aromatic rings. The van der Waals surface area contributed by atoms with Gasteiger partial charge in [-0.2, -0.15) is 4.98 Å². The first-order valence-corrected chi connectivity index (χ1v) is 7.06. The second-order valence-corrected chi connectivity index (χ2v) is 5.76. The van der Waals surface area contributed by atoms with Crippen LogP contribution in [0.25, 0.3) is 0 Å². The van der Waals surface area contributed by atoms with E-state index in [9.17, 15) is 0 Å². The predicted octanol–water partition coefficient (Wildman–Crippen LogP) is 1.78. The first-order valence-electron chi connectivity index (χ1n) is 7.06. The number of benzene rings is 1. The Labute approximate surface area is 117 Å². The van der Waals surface area contributed by atoms with Crippen LogP contribution < -0.4 is 10.5 Å². The summed E-state index contributed by atoms with van der Waals surface area (Å²) in [6.07, 6.45) is 3.00. The Hall–Kier alpha value is -1.88. The Morgan fingerprint density at radius 3 is 2.95 bits per heavy atom. The number of fused-ring (bicyclic) bond motifs is 1. The highest BCUT2D eigenvalue weighted by atomic mass is 16.5. The highest BCUT2D eigenvalue weighted by molar-refractivity contribution is 5.36. The summed E-state index contributed by atoms with van der Waals surface area (Å²) in [4.78, 5) is 4.57. The van der Waals surface area contributed by atoms with Crippen LogP contribution in [-0.4, -0.2) is 23.3 Å². The van der Waals surface area contributed by atoms with E-state index < -0.39 is 0 Å². The van der Waals surface area contributed by atoms with Crippen LogP contribution in [0.3, 0.4) is 0 Å². The molecule has 1 fully saturated rings. The van der Waals surface area contributed by atoms with Gasteiger partial charge in [-0.1, -0.05) is 23.4 Å². The van der Waals surface area contributed by atoms with E-state index in [4.69, 9.17) is 15.0 Å². The lowest BCUT2D eigenvalue weighted by molar-refractivity contribution is 0.253. The number of nitrogens with two attached hydrogens (primary N) is 1. The smallest absolute Gasteiger partial charge is 0.234 e. The molecular formula is C15H17N3O2. The lowest BCUT2D eigenvalue weighted by atomic mass is 9.96. The van der Waals surface area contributed by atoms with Gasteiger partial charge in [-0.15, -0.1) is 0 Å². The Morgan fingerprint density at radius 2 is 2.15 bits per heavy atom. The van der Waals surface area contributed by atoms with Gasteiger partial charge in [0.2, 0.25) is 5.89 Å². The van der Waals surface area contributed by atoms with E-state index in [1.54, 1.807) is 0 Å². The minimum atomic E-state index is -0.0430. The fourth-order valence-corrected chi connectivity index (χ4v) is 2.77. The maximum Gasteiger partial charge on any atom is 0.234 e. The molecule has 1 aliphatic heterocycles. The van der Waals surface area contributed by atoms with Gasteiger partial charge in [0.1, 0.15) is 5.75 Å². The van der Waals surface area contributed by atoms with Crippen LogP contribution in [0.4, 0.5) is 0 Å². The lowest BCUT2D eigenvalue weighted by Gasteiger charge is -2.22. The van der Waals surface area contributed by atoms with Crippen molar-refractivity contribution in [3.05, 3.63) is 41.5 Å². The molecule has 1 atom stereocenters. The molecule has 2 heterocycles. The van der Waals surface area contributed by atoms with Crippen molar-refractivity contribution in [1.29, 1.82) is 0 Å². The second-order valence-electron chi connectivity index (χ2n) is 5.76. The van der Waals surface area contributed by atoms with Gasteiger partial charge in [-0.25, -0.2) is 0 Å². The maximum atomic E-state index is 5.80. The third-order valence-electron chi connectivity index (χ3n) is 4.38. The van der Waals surface area contributed by atoms with E-state index in [1.165, 1.54) is 5.56 Å². The Kier molecular flexibility index (Phi) is 2.57. The molecule has 5 heteroatoms. The summed E-state index contributed by atoms with van der Waals surface area (Å²) < 4.78 is 11.2. The summed E-state index contributed by atoms with van der Waals surface area (Å²) in [5.74, 6) is 2.58. The average molecular weight is 271 g/mol. The number of hydrogen-bond donors (Lipinski definition) is 1. The summed E-state index contributed by atoms with van der Waals surface area (Å²) in [7, 11) is 0. The van der Waals surface area contributed by atoms with Crippen molar-refractivity contribution in [2.75, 3.05) is 13.2 Å². The van der Waals surface area contributed by atoms with Crippen LogP contribution in [0.15, 0.2) is 28.8 Å². The van der Waals surface area contributed by atoms with Crippen molar-refractivity contribution < 1.29 is 9.26 Å². The van der Waals surface area contributed by atoms with E-state index >= 15 is 0 Å². The van der Waals surface area contributed by atoms with E-state index in [0.717, 1.165) is 30.8 Å². The monoisotopic (exact) mass is 271 g/mol. The van der Waals surface area contributed by atoms with Gasteiger partial charge < -0.3 is 15.0 Å². The van der Waals surface area contributed by atoms with Gasteiger partial charge in [0.15, 0.2) is 5.82 Å². The standard InChI is InChI=1S/C15H17N3O2/c16-9-15(5-6-15)14-17-13(18-20-14)11-7-10-3-1-2-4-12(10)19-8-11/h1-4,11H,5-9,16H2. The molecule has 1 aromatic carbocycles. The summed E-state index contributed by atoms with van der Waals surface area (Å²) in [5, 5.41) is 4.15. The Bertz CT molecular complexity index is 634. The van der Waals surface area contributed by atoms with Gasteiger partial charge in [0.25, 0.3) is 0 Å². The molecule has 0 radical (unpaired) electrons. The molecule has 0 amide bonds. The largest absolute Gasteiger partial charge is 0.493 e. The van der Waals surface area contributed by atoms with E-state index in [0.29, 0.717) is 19.0 Å². The molecule has 2 N–H and O–H groups in total. The molecule has 1 saturated carbocycles. The number of rotatable bonds is 3. The Morgan fingerprint density at radius 1 is 1.30 bits per heavy atom. The van der Waals surface area contributed by atoms with Crippen molar-refractivity contribution >= 4 is 0 Å². The van der Waals surface area contributed by atoms with Crippen LogP contribution in [0.2, 0.25) is 0 Å². The summed E-state index contributed by atoms with van der Waals surface area (Å²) in [6, 6.07) is 8.11. The summed E-state index contributed by atoms with van der Waals surface area (Å²) >= 11 is 0. The van der Waals surface area contributed by atoms with Gasteiger partial charge >= 0.3 is 0 Å². The molecule has 1 aliphatic carbocycles. The highest BCUT2D eigenvalue weighted by Gasteiger charge is 2.48. The fourth-order valence-electron chi connectivity index (χ4n) is 2.77. The number of para-hydroxylation sites is 1. The third-order valence-corrected chi connectivity index (χ3v) is 4.38. The quantitative estimate of drug-likeness (QED) is 0.921. The molecule has 0 saturated heterocycles. The average Bonchev–Trinajstić information content (AvgIpc) is 3.15. The van der Waals surface area contributed by atoms with Crippen LogP contribution in [0, 0.1) is 0 Å². The molecule has 20 heavy (non-hydrogen) atoms. The van der Waals surface area contributed by atoms with Crippen molar-refractivity contribution in [2.24, 2.45) is 5.73 Å². The first kappa shape index (κ1) is 11.9. The molecule has 1 unspecified atom stereocenters. The first-order chi connectivity index (χ1) is 9.81. The van der Waals surface area contributed by atoms with Crippen molar-refractivity contribution in [1.82, 2.24) is 10.1 Å². The molecule has 0 spiro atoms. The van der Waals surface area contributed by atoms with Gasteiger partial charge in [-0.3, -0.25) is 0 Å². The highest BCUT2D eigenvalue weighted by Crippen LogP contribution is 2.46. The van der Waals surface area contributed by atoms with E-state index in [2.05, 4.69) is 16.2 Å². The molecule has 0 bridgehead atoms. The fraction of sp³-hybridized carbons (Fsp3) is 0.467. The summed E-state index contributed by atoms with van der Waals surface area (Å²) in [5.41, 5.74) is 6.96. The number of hydrogen-bond acceptors (Lipinski definition) is 5. The van der Waals surface area contributed by atoms with E-state index in [1.807, 2.05) is 18.2 Å². The summed E-state index contributed by atoms with van der Waals surface area (Å²) in [6.45, 7) is 1.18. The predicted molar refractivity (Wildman–Crippen MR) is 72.6 cm³/mol. The molecular weight excluding hydrogens is 254 g/mol. The van der Waals surface area contributed by atoms with Crippen LogP contribution in [0.1, 0.15) is 36.0 Å². The molecule has 1 aromatic heterocycles. The molecule has 2 aliphatic rings. The number of ether oxygens (including phenoxy) is 1. The normalized spacial score (nSPS) is 22.9.